The van der Waals surface area contributed by atoms with Gasteiger partial charge in [-0.15, -0.1) is 0 Å². The first-order chi connectivity index (χ1) is 24.8. The third-order valence-electron chi connectivity index (χ3n) is 12.7. The Morgan fingerprint density at radius 3 is 2.16 bits per heavy atom. The van der Waals surface area contributed by atoms with Gasteiger partial charge in [-0.25, -0.2) is 4.79 Å². The van der Waals surface area contributed by atoms with Crippen LogP contribution < -0.4 is 4.74 Å². The van der Waals surface area contributed by atoms with Gasteiger partial charge in [0, 0.05) is 23.6 Å². The van der Waals surface area contributed by atoms with Crippen LogP contribution in [0.5, 0.6) is 5.75 Å². The Bertz CT molecular complexity index is 1460. The maximum Gasteiger partial charge on any atom is 0.352 e. The molecule has 0 amide bonds. The Morgan fingerprint density at radius 2 is 1.51 bits per heavy atom. The number of likely N-dealkylation sites (N-methyl/N-ethyl adjacent to an activating group) is 1. The normalized spacial score (nSPS) is 26.6. The number of carbonyl (C=O) groups is 2. The molecule has 1 spiro atoms. The quantitative estimate of drug-likeness (QED) is 0.109. The number of unbranched alkanes of at least 4 members (excludes halogenated alkanes) is 14. The molecule has 1 N–H and O–H groups in total. The molecule has 7 heteroatoms. The van der Waals surface area contributed by atoms with Gasteiger partial charge in [-0.3, -0.25) is 4.79 Å². The second-order valence-electron chi connectivity index (χ2n) is 16.1. The SMILES string of the molecule is CCCCCCCCCCCCCCCCCC(=O)O[C@H](C(=O)OC1CC[C@@]2(O)[C@H]3Cc4ccc(C)c5c4[C@@]2(CCN3C)[C@H]1O5)c1ccccc1. The van der Waals surface area contributed by atoms with Crippen molar-refractivity contribution in [3.05, 3.63) is 64.7 Å². The van der Waals surface area contributed by atoms with E-state index in [-0.39, 0.29) is 18.4 Å². The monoisotopic (exact) mass is 701 g/mol. The van der Waals surface area contributed by atoms with E-state index >= 15 is 0 Å². The van der Waals surface area contributed by atoms with Gasteiger partial charge in [-0.05, 0) is 63.7 Å². The minimum absolute atomic E-state index is 0.0205. The predicted molar refractivity (Wildman–Crippen MR) is 201 cm³/mol. The molecule has 2 aromatic rings. The molecular formula is C44H63NO6. The lowest BCUT2D eigenvalue weighted by Crippen LogP contribution is -2.76. The molecule has 2 aliphatic carbocycles. The lowest BCUT2D eigenvalue weighted by Gasteiger charge is -2.63. The summed E-state index contributed by atoms with van der Waals surface area (Å²) in [6.45, 7) is 5.16. The standard InChI is InChI=1S/C44H63NO6/c1-4-5-6-7-8-9-10-11-12-13-14-15-16-17-21-24-37(46)50-40(33-22-19-18-20-23-33)42(47)49-35-27-28-44(48)36-31-34-26-25-32(2)39-38(34)43(44,41(35)51-39)29-30-45(36)3/h18-20,22-23,25-26,35-36,40-41,48H,4-17,21,24,27-31H2,1-3H3/t35?,36-,40+,41+,43+,44-/m1/s1. The molecule has 7 nitrogen and oxygen atoms in total. The van der Waals surface area contributed by atoms with Crippen molar-refractivity contribution in [2.45, 2.75) is 178 Å². The molecule has 0 aromatic heterocycles. The van der Waals surface area contributed by atoms with Gasteiger partial charge in [0.15, 0.2) is 0 Å². The second kappa shape index (κ2) is 17.3. The summed E-state index contributed by atoms with van der Waals surface area (Å²) in [7, 11) is 2.10. The van der Waals surface area contributed by atoms with Crippen molar-refractivity contribution >= 4 is 11.9 Å². The summed E-state index contributed by atoms with van der Waals surface area (Å²) in [5.41, 5.74) is 2.36. The van der Waals surface area contributed by atoms with Crippen LogP contribution >= 0.6 is 0 Å². The van der Waals surface area contributed by atoms with Crippen LogP contribution in [-0.4, -0.2) is 59.4 Å². The fraction of sp³-hybridized carbons (Fsp3) is 0.682. The van der Waals surface area contributed by atoms with E-state index in [0.29, 0.717) is 18.4 Å². The fourth-order valence-electron chi connectivity index (χ4n) is 9.90. The van der Waals surface area contributed by atoms with Crippen molar-refractivity contribution in [1.29, 1.82) is 0 Å². The summed E-state index contributed by atoms with van der Waals surface area (Å²) < 4.78 is 19.0. The molecule has 2 aromatic carbocycles. The lowest BCUT2D eigenvalue weighted by atomic mass is 9.48. The molecule has 2 aliphatic heterocycles. The Balaban J connectivity index is 0.997. The smallest absolute Gasteiger partial charge is 0.352 e. The highest BCUT2D eigenvalue weighted by atomic mass is 16.6. The summed E-state index contributed by atoms with van der Waals surface area (Å²) in [5.74, 6) is -0.103. The van der Waals surface area contributed by atoms with E-state index in [2.05, 4.69) is 31.0 Å². The highest BCUT2D eigenvalue weighted by molar-refractivity contribution is 5.81. The molecule has 0 radical (unpaired) electrons. The van der Waals surface area contributed by atoms with Crippen molar-refractivity contribution in [1.82, 2.24) is 4.90 Å². The van der Waals surface area contributed by atoms with Gasteiger partial charge < -0.3 is 24.2 Å². The number of aryl methyl sites for hydroxylation is 1. The first-order valence-corrected chi connectivity index (χ1v) is 20.5. The molecule has 2 fully saturated rings. The Morgan fingerprint density at radius 1 is 0.882 bits per heavy atom. The second-order valence-corrected chi connectivity index (χ2v) is 16.1. The first-order valence-electron chi connectivity index (χ1n) is 20.5. The number of benzene rings is 2. The summed E-state index contributed by atoms with van der Waals surface area (Å²) in [5, 5.41) is 12.5. The van der Waals surface area contributed by atoms with E-state index in [4.69, 9.17) is 14.2 Å². The van der Waals surface area contributed by atoms with Crippen molar-refractivity contribution in [2.75, 3.05) is 13.6 Å². The van der Waals surface area contributed by atoms with Gasteiger partial charge in [0.25, 0.3) is 0 Å². The van der Waals surface area contributed by atoms with Crippen molar-refractivity contribution < 1.29 is 28.9 Å². The van der Waals surface area contributed by atoms with Gasteiger partial charge >= 0.3 is 11.9 Å². The van der Waals surface area contributed by atoms with Crippen LogP contribution in [0.25, 0.3) is 0 Å². The van der Waals surface area contributed by atoms with Crippen LogP contribution in [0.2, 0.25) is 0 Å². The van der Waals surface area contributed by atoms with Crippen molar-refractivity contribution in [3.8, 4) is 5.75 Å². The Hall–Kier alpha value is -2.90. The molecule has 280 valence electrons. The third-order valence-corrected chi connectivity index (χ3v) is 12.7. The predicted octanol–water partition coefficient (Wildman–Crippen LogP) is 9.24. The molecule has 6 atom stereocenters. The Kier molecular flexibility index (Phi) is 12.8. The number of rotatable bonds is 20. The minimum atomic E-state index is -1.15. The van der Waals surface area contributed by atoms with Crippen LogP contribution in [0.3, 0.4) is 0 Å². The molecular weight excluding hydrogens is 638 g/mol. The van der Waals surface area contributed by atoms with E-state index < -0.39 is 35.3 Å². The molecule has 1 unspecified atom stereocenters. The topological polar surface area (TPSA) is 85.3 Å². The van der Waals surface area contributed by atoms with Crippen molar-refractivity contribution in [3.63, 3.8) is 0 Å². The van der Waals surface area contributed by atoms with Gasteiger partial charge in [-0.1, -0.05) is 139 Å². The van der Waals surface area contributed by atoms with E-state index in [1.165, 1.54) is 82.6 Å². The summed E-state index contributed by atoms with van der Waals surface area (Å²) in [6.07, 6.45) is 19.5. The van der Waals surface area contributed by atoms with Crippen LogP contribution in [-0.2, 0) is 30.9 Å². The molecule has 2 heterocycles. The highest BCUT2D eigenvalue weighted by Crippen LogP contribution is 2.64. The summed E-state index contributed by atoms with van der Waals surface area (Å²) >= 11 is 0. The van der Waals surface area contributed by atoms with Crippen molar-refractivity contribution in [2.24, 2.45) is 0 Å². The fourth-order valence-corrected chi connectivity index (χ4v) is 9.90. The number of nitrogens with zero attached hydrogens (tertiary/aromatic N) is 1. The number of esters is 2. The number of ether oxygens (including phenoxy) is 3. The molecule has 4 aliphatic rings. The average molecular weight is 702 g/mol. The lowest BCUT2D eigenvalue weighted by molar-refractivity contribution is -0.216. The van der Waals surface area contributed by atoms with E-state index in [0.717, 1.165) is 55.5 Å². The maximum atomic E-state index is 14.0. The van der Waals surface area contributed by atoms with Gasteiger partial charge in [0.05, 0.1) is 11.0 Å². The largest absolute Gasteiger partial charge is 0.485 e. The van der Waals surface area contributed by atoms with Crippen LogP contribution in [0.4, 0.5) is 0 Å². The molecule has 6 rings (SSSR count). The molecule has 2 bridgehead atoms. The molecule has 1 saturated heterocycles. The van der Waals surface area contributed by atoms with Crippen LogP contribution in [0, 0.1) is 6.92 Å². The number of likely N-dealkylation sites (tertiary alicyclic amines) is 1. The zero-order valence-electron chi connectivity index (χ0n) is 31.6. The number of carbonyl (C=O) groups excluding carboxylic acids is 2. The summed E-state index contributed by atoms with van der Waals surface area (Å²) in [6, 6.07) is 13.5. The highest BCUT2D eigenvalue weighted by Gasteiger charge is 2.73. The van der Waals surface area contributed by atoms with E-state index in [1.54, 1.807) is 0 Å². The molecule has 1 saturated carbocycles. The van der Waals surface area contributed by atoms with E-state index in [9.17, 15) is 14.7 Å². The molecule has 51 heavy (non-hydrogen) atoms. The first kappa shape index (κ1) is 37.8. The minimum Gasteiger partial charge on any atom is -0.485 e. The summed E-state index contributed by atoms with van der Waals surface area (Å²) in [4.78, 5) is 29.5. The number of piperidine rings is 1. The Labute approximate surface area is 306 Å². The number of aliphatic hydroxyl groups is 1. The average Bonchev–Trinajstić information content (AvgIpc) is 3.49. The van der Waals surface area contributed by atoms with Crippen LogP contribution in [0.15, 0.2) is 42.5 Å². The third kappa shape index (κ3) is 7.90. The maximum absolute atomic E-state index is 14.0. The van der Waals surface area contributed by atoms with Gasteiger partial charge in [0.2, 0.25) is 6.10 Å². The van der Waals surface area contributed by atoms with Gasteiger partial charge in [-0.2, -0.15) is 0 Å². The van der Waals surface area contributed by atoms with E-state index in [1.807, 2.05) is 37.3 Å². The number of hydrogen-bond donors (Lipinski definition) is 1. The zero-order valence-corrected chi connectivity index (χ0v) is 31.6. The number of hydrogen-bond acceptors (Lipinski definition) is 7. The van der Waals surface area contributed by atoms with Crippen LogP contribution in [0.1, 0.15) is 157 Å². The van der Waals surface area contributed by atoms with Gasteiger partial charge in [0.1, 0.15) is 18.0 Å². The zero-order chi connectivity index (χ0) is 35.8.